The minimum atomic E-state index is -0.226. The van der Waals surface area contributed by atoms with E-state index < -0.39 is 0 Å². The van der Waals surface area contributed by atoms with Gasteiger partial charge in [-0.15, -0.1) is 0 Å². The van der Waals surface area contributed by atoms with E-state index in [1.54, 1.807) is 4.90 Å². The summed E-state index contributed by atoms with van der Waals surface area (Å²) in [6, 6.07) is 5.88. The number of rotatable bonds is 4. The number of unbranched alkanes of at least 4 members (excludes halogenated alkanes) is 1. The van der Waals surface area contributed by atoms with Crippen LogP contribution in [0.3, 0.4) is 0 Å². The molecule has 4 nitrogen and oxygen atoms in total. The van der Waals surface area contributed by atoms with E-state index in [1.165, 1.54) is 0 Å². The summed E-state index contributed by atoms with van der Waals surface area (Å²) < 4.78 is 6.22. The summed E-state index contributed by atoms with van der Waals surface area (Å²) in [5.41, 5.74) is 1.07. The Morgan fingerprint density at radius 1 is 1.52 bits per heavy atom. The molecule has 0 unspecified atom stereocenters. The number of nitrogens with one attached hydrogen (secondary N) is 1. The molecular formula is C15H20BrClN2O2. The number of carbonyl (C=O) groups excluding carboxylic acids is 1. The zero-order chi connectivity index (χ0) is 15.2. The first-order valence-corrected chi connectivity index (χ1v) is 8.38. The van der Waals surface area contributed by atoms with E-state index in [0.29, 0.717) is 24.7 Å². The van der Waals surface area contributed by atoms with E-state index in [1.807, 2.05) is 18.2 Å². The van der Waals surface area contributed by atoms with Gasteiger partial charge >= 0.3 is 6.09 Å². The van der Waals surface area contributed by atoms with Gasteiger partial charge in [0.15, 0.2) is 0 Å². The molecule has 116 valence electrons. The van der Waals surface area contributed by atoms with Crippen molar-refractivity contribution >= 4 is 33.6 Å². The molecule has 1 atom stereocenters. The second kappa shape index (κ2) is 8.01. The lowest BCUT2D eigenvalue weighted by molar-refractivity contribution is 0.0894. The van der Waals surface area contributed by atoms with Crippen molar-refractivity contribution in [1.29, 1.82) is 0 Å². The predicted molar refractivity (Wildman–Crippen MR) is 87.7 cm³/mol. The summed E-state index contributed by atoms with van der Waals surface area (Å²) in [5.74, 6) is 0. The molecule has 0 spiro atoms. The van der Waals surface area contributed by atoms with E-state index in [0.717, 1.165) is 29.4 Å². The van der Waals surface area contributed by atoms with Crippen molar-refractivity contribution in [2.75, 3.05) is 26.2 Å². The third-order valence-electron chi connectivity index (χ3n) is 3.44. The van der Waals surface area contributed by atoms with Gasteiger partial charge < -0.3 is 15.0 Å². The number of nitrogens with zero attached hydrogens (tertiary/aromatic N) is 1. The molecule has 0 saturated carbocycles. The van der Waals surface area contributed by atoms with Crippen LogP contribution >= 0.6 is 27.5 Å². The summed E-state index contributed by atoms with van der Waals surface area (Å²) in [6.07, 6.45) is 1.70. The maximum Gasteiger partial charge on any atom is 0.409 e. The second-order valence-electron chi connectivity index (χ2n) is 5.12. The Labute approximate surface area is 138 Å². The Balaban J connectivity index is 1.98. The van der Waals surface area contributed by atoms with Crippen molar-refractivity contribution < 1.29 is 9.53 Å². The molecule has 0 radical (unpaired) electrons. The fourth-order valence-electron chi connectivity index (χ4n) is 2.31. The molecule has 1 aliphatic heterocycles. The molecule has 0 aromatic heterocycles. The second-order valence-corrected chi connectivity index (χ2v) is 6.48. The van der Waals surface area contributed by atoms with Gasteiger partial charge in [0.2, 0.25) is 0 Å². The smallest absolute Gasteiger partial charge is 0.409 e. The Kier molecular flexibility index (Phi) is 6.33. The van der Waals surface area contributed by atoms with E-state index >= 15 is 0 Å². The van der Waals surface area contributed by atoms with E-state index in [2.05, 4.69) is 28.2 Å². The number of piperazine rings is 1. The van der Waals surface area contributed by atoms with E-state index in [4.69, 9.17) is 16.3 Å². The van der Waals surface area contributed by atoms with Crippen LogP contribution < -0.4 is 5.32 Å². The standard InChI is InChI=1S/C15H20BrClN2O2/c1-2-3-6-21-15(20)19-5-4-18-14(10-19)11-7-12(16)9-13(17)8-11/h7-9,14,18H,2-6,10H2,1H3/t14-/m0/s1. The van der Waals surface area contributed by atoms with Crippen molar-refractivity contribution in [3.8, 4) is 0 Å². The third-order valence-corrected chi connectivity index (χ3v) is 4.12. The fraction of sp³-hybridized carbons (Fsp3) is 0.533. The van der Waals surface area contributed by atoms with Crippen LogP contribution in [0, 0.1) is 0 Å². The predicted octanol–water partition coefficient (Wildman–Crippen LogP) is 3.99. The largest absolute Gasteiger partial charge is 0.449 e. The van der Waals surface area contributed by atoms with Gasteiger partial charge in [-0.1, -0.05) is 40.9 Å². The van der Waals surface area contributed by atoms with Crippen molar-refractivity contribution in [2.24, 2.45) is 0 Å². The lowest BCUT2D eigenvalue weighted by atomic mass is 10.0. The Morgan fingerprint density at radius 3 is 3.05 bits per heavy atom. The number of hydrogen-bond donors (Lipinski definition) is 1. The maximum atomic E-state index is 12.0. The van der Waals surface area contributed by atoms with Gasteiger partial charge in [-0.05, 0) is 30.2 Å². The number of hydrogen-bond acceptors (Lipinski definition) is 3. The SMILES string of the molecule is CCCCOC(=O)N1CCN[C@H](c2cc(Cl)cc(Br)c2)C1. The Morgan fingerprint density at radius 2 is 2.33 bits per heavy atom. The summed E-state index contributed by atoms with van der Waals surface area (Å²) in [4.78, 5) is 13.8. The van der Waals surface area contributed by atoms with Crippen molar-refractivity contribution in [1.82, 2.24) is 10.2 Å². The zero-order valence-electron chi connectivity index (χ0n) is 12.1. The van der Waals surface area contributed by atoms with Gasteiger partial charge in [0.25, 0.3) is 0 Å². The first-order valence-electron chi connectivity index (χ1n) is 7.21. The van der Waals surface area contributed by atoms with E-state index in [9.17, 15) is 4.79 Å². The van der Waals surface area contributed by atoms with Gasteiger partial charge in [-0.25, -0.2) is 4.79 Å². The fourth-order valence-corrected chi connectivity index (χ4v) is 3.20. The van der Waals surface area contributed by atoms with E-state index in [-0.39, 0.29) is 12.1 Å². The number of halogens is 2. The monoisotopic (exact) mass is 374 g/mol. The van der Waals surface area contributed by atoms with Gasteiger partial charge in [0.05, 0.1) is 12.6 Å². The van der Waals surface area contributed by atoms with Gasteiger partial charge in [0, 0.05) is 29.1 Å². The lowest BCUT2D eigenvalue weighted by Crippen LogP contribution is -2.48. The lowest BCUT2D eigenvalue weighted by Gasteiger charge is -2.33. The number of carbonyl (C=O) groups is 1. The maximum absolute atomic E-state index is 12.0. The van der Waals surface area contributed by atoms with Crippen LogP contribution in [-0.4, -0.2) is 37.2 Å². The molecule has 1 aliphatic rings. The molecule has 1 aromatic carbocycles. The highest BCUT2D eigenvalue weighted by molar-refractivity contribution is 9.10. The highest BCUT2D eigenvalue weighted by Crippen LogP contribution is 2.25. The molecule has 6 heteroatoms. The first-order chi connectivity index (χ1) is 10.1. The van der Waals surface area contributed by atoms with Crippen LogP contribution in [0.15, 0.2) is 22.7 Å². The van der Waals surface area contributed by atoms with Crippen molar-refractivity contribution in [3.05, 3.63) is 33.3 Å². The molecule has 0 aliphatic carbocycles. The topological polar surface area (TPSA) is 41.6 Å². The molecule has 1 N–H and O–H groups in total. The molecule has 2 rings (SSSR count). The normalized spacial score (nSPS) is 18.6. The molecule has 1 aromatic rings. The molecule has 0 bridgehead atoms. The third kappa shape index (κ3) is 4.87. The van der Waals surface area contributed by atoms with Crippen LogP contribution in [-0.2, 0) is 4.74 Å². The van der Waals surface area contributed by atoms with Crippen LogP contribution in [0.2, 0.25) is 5.02 Å². The first kappa shape index (κ1) is 16.6. The zero-order valence-corrected chi connectivity index (χ0v) is 14.4. The van der Waals surface area contributed by atoms with Gasteiger partial charge in [-0.2, -0.15) is 0 Å². The summed E-state index contributed by atoms with van der Waals surface area (Å²) in [6.45, 7) is 4.58. The summed E-state index contributed by atoms with van der Waals surface area (Å²) in [7, 11) is 0. The molecule has 1 fully saturated rings. The van der Waals surface area contributed by atoms with Crippen LogP contribution in [0.4, 0.5) is 4.79 Å². The minimum Gasteiger partial charge on any atom is -0.449 e. The highest BCUT2D eigenvalue weighted by Gasteiger charge is 2.25. The number of amides is 1. The summed E-state index contributed by atoms with van der Waals surface area (Å²) >= 11 is 9.54. The minimum absolute atomic E-state index is 0.0764. The molecule has 1 amide bonds. The molecule has 1 heterocycles. The van der Waals surface area contributed by atoms with Crippen molar-refractivity contribution in [2.45, 2.75) is 25.8 Å². The Bertz CT molecular complexity index is 478. The highest BCUT2D eigenvalue weighted by atomic mass is 79.9. The van der Waals surface area contributed by atoms with Crippen LogP contribution in [0.1, 0.15) is 31.4 Å². The quantitative estimate of drug-likeness (QED) is 0.809. The van der Waals surface area contributed by atoms with Gasteiger partial charge in [-0.3, -0.25) is 0 Å². The van der Waals surface area contributed by atoms with Crippen LogP contribution in [0.5, 0.6) is 0 Å². The summed E-state index contributed by atoms with van der Waals surface area (Å²) in [5, 5.41) is 4.10. The molecular weight excluding hydrogens is 356 g/mol. The number of ether oxygens (including phenoxy) is 1. The molecule has 1 saturated heterocycles. The average molecular weight is 376 g/mol. The number of benzene rings is 1. The molecule has 21 heavy (non-hydrogen) atoms. The Hall–Kier alpha value is -0.780. The average Bonchev–Trinajstić information content (AvgIpc) is 2.46. The van der Waals surface area contributed by atoms with Crippen LogP contribution in [0.25, 0.3) is 0 Å². The van der Waals surface area contributed by atoms with Crippen molar-refractivity contribution in [3.63, 3.8) is 0 Å². The van der Waals surface area contributed by atoms with Gasteiger partial charge in [0.1, 0.15) is 0 Å².